The molecule has 2 aliphatic heterocycles. The van der Waals surface area contributed by atoms with Crippen LogP contribution in [0.4, 0.5) is 5.88 Å². The van der Waals surface area contributed by atoms with Gasteiger partial charge in [0, 0.05) is 31.8 Å². The standard InChI is InChI=1S/C20H20N2O3S2/c23-19-17(14-16-6-7-18(25-16)21-10-12-24-13-11-21)27-20(26)22(19)9-8-15-4-2-1-3-5-15/h1-7,14H,8-13H2/b17-14-. The molecule has 2 aliphatic rings. The lowest BCUT2D eigenvalue weighted by Crippen LogP contribution is -2.35. The predicted octanol–water partition coefficient (Wildman–Crippen LogP) is 3.56. The highest BCUT2D eigenvalue weighted by Gasteiger charge is 2.32. The van der Waals surface area contributed by atoms with Gasteiger partial charge in [-0.15, -0.1) is 0 Å². The van der Waals surface area contributed by atoms with E-state index in [9.17, 15) is 4.79 Å². The van der Waals surface area contributed by atoms with Gasteiger partial charge >= 0.3 is 0 Å². The minimum absolute atomic E-state index is 0.0507. The summed E-state index contributed by atoms with van der Waals surface area (Å²) in [4.78, 5) is 17.2. The third-order valence-corrected chi connectivity index (χ3v) is 5.93. The third kappa shape index (κ3) is 4.26. The molecule has 7 heteroatoms. The topological polar surface area (TPSA) is 45.9 Å². The smallest absolute Gasteiger partial charge is 0.266 e. The number of ether oxygens (including phenoxy) is 1. The van der Waals surface area contributed by atoms with Crippen molar-refractivity contribution in [2.75, 3.05) is 37.7 Å². The first-order valence-electron chi connectivity index (χ1n) is 8.92. The Morgan fingerprint density at radius 3 is 2.67 bits per heavy atom. The molecule has 0 unspecified atom stereocenters. The molecule has 4 rings (SSSR count). The van der Waals surface area contributed by atoms with E-state index in [0.29, 0.717) is 34.7 Å². The molecule has 140 valence electrons. The average molecular weight is 401 g/mol. The summed E-state index contributed by atoms with van der Waals surface area (Å²) in [5, 5.41) is 0. The number of hydrogen-bond acceptors (Lipinski definition) is 6. The van der Waals surface area contributed by atoms with Crippen LogP contribution in [-0.4, -0.2) is 48.0 Å². The SMILES string of the molecule is O=C1/C(=C/c2ccc(N3CCOCC3)o2)SC(=S)N1CCc1ccccc1. The van der Waals surface area contributed by atoms with E-state index in [4.69, 9.17) is 21.4 Å². The summed E-state index contributed by atoms with van der Waals surface area (Å²) in [5.41, 5.74) is 1.19. The number of thiocarbonyl (C=S) groups is 1. The third-order valence-electron chi connectivity index (χ3n) is 4.55. The van der Waals surface area contributed by atoms with Crippen LogP contribution < -0.4 is 4.90 Å². The van der Waals surface area contributed by atoms with Gasteiger partial charge in [0.15, 0.2) is 5.88 Å². The summed E-state index contributed by atoms with van der Waals surface area (Å²) in [6, 6.07) is 13.9. The molecule has 5 nitrogen and oxygen atoms in total. The van der Waals surface area contributed by atoms with Gasteiger partial charge in [-0.25, -0.2) is 0 Å². The van der Waals surface area contributed by atoms with Gasteiger partial charge in [0.1, 0.15) is 10.1 Å². The van der Waals surface area contributed by atoms with Crippen LogP contribution in [-0.2, 0) is 16.0 Å². The van der Waals surface area contributed by atoms with E-state index >= 15 is 0 Å². The Morgan fingerprint density at radius 2 is 1.89 bits per heavy atom. The fourth-order valence-corrected chi connectivity index (χ4v) is 4.37. The first kappa shape index (κ1) is 18.3. The molecule has 2 saturated heterocycles. The Hall–Kier alpha value is -2.09. The second-order valence-corrected chi connectivity index (χ2v) is 8.02. The molecular formula is C20H20N2O3S2. The molecule has 2 aromatic rings. The van der Waals surface area contributed by atoms with Crippen LogP contribution in [0.15, 0.2) is 51.8 Å². The van der Waals surface area contributed by atoms with Crippen molar-refractivity contribution in [3.05, 3.63) is 58.7 Å². The summed E-state index contributed by atoms with van der Waals surface area (Å²) >= 11 is 6.74. The van der Waals surface area contributed by atoms with E-state index in [1.807, 2.05) is 30.3 Å². The highest BCUT2D eigenvalue weighted by Crippen LogP contribution is 2.33. The molecule has 0 N–H and O–H groups in total. The summed E-state index contributed by atoms with van der Waals surface area (Å²) < 4.78 is 11.9. The maximum Gasteiger partial charge on any atom is 0.266 e. The molecule has 0 saturated carbocycles. The van der Waals surface area contributed by atoms with Crippen molar-refractivity contribution < 1.29 is 13.9 Å². The molecule has 1 amide bonds. The molecule has 2 fully saturated rings. The average Bonchev–Trinajstić information content (AvgIpc) is 3.27. The maximum absolute atomic E-state index is 12.7. The molecule has 0 bridgehead atoms. The lowest BCUT2D eigenvalue weighted by Gasteiger charge is -2.26. The van der Waals surface area contributed by atoms with Crippen LogP contribution in [0.25, 0.3) is 6.08 Å². The van der Waals surface area contributed by atoms with Crippen LogP contribution in [0.1, 0.15) is 11.3 Å². The molecule has 1 aromatic heterocycles. The Labute approximate surface area is 168 Å². The number of nitrogens with zero attached hydrogens (tertiary/aromatic N) is 2. The maximum atomic E-state index is 12.7. The Balaban J connectivity index is 1.42. The van der Waals surface area contributed by atoms with Crippen LogP contribution in [0.2, 0.25) is 0 Å². The fourth-order valence-electron chi connectivity index (χ4n) is 3.08. The number of rotatable bonds is 5. The van der Waals surface area contributed by atoms with Gasteiger partial charge in [-0.3, -0.25) is 9.69 Å². The zero-order valence-corrected chi connectivity index (χ0v) is 16.4. The van der Waals surface area contributed by atoms with Gasteiger partial charge in [-0.05, 0) is 18.1 Å². The van der Waals surface area contributed by atoms with Gasteiger partial charge < -0.3 is 14.1 Å². The van der Waals surface area contributed by atoms with Crippen molar-refractivity contribution in [1.82, 2.24) is 4.90 Å². The van der Waals surface area contributed by atoms with Gasteiger partial charge in [0.2, 0.25) is 0 Å². The van der Waals surface area contributed by atoms with E-state index in [1.54, 1.807) is 11.0 Å². The minimum Gasteiger partial charge on any atom is -0.441 e. The molecule has 0 spiro atoms. The summed E-state index contributed by atoms with van der Waals surface area (Å²) in [7, 11) is 0. The van der Waals surface area contributed by atoms with E-state index in [-0.39, 0.29) is 5.91 Å². The highest BCUT2D eigenvalue weighted by molar-refractivity contribution is 8.26. The molecule has 1 aromatic carbocycles. The van der Waals surface area contributed by atoms with E-state index < -0.39 is 0 Å². The summed E-state index contributed by atoms with van der Waals surface area (Å²) in [5.74, 6) is 1.43. The van der Waals surface area contributed by atoms with Gasteiger partial charge in [0.05, 0.1) is 18.1 Å². The van der Waals surface area contributed by atoms with Crippen molar-refractivity contribution in [3.8, 4) is 0 Å². The molecule has 0 radical (unpaired) electrons. The number of amides is 1. The van der Waals surface area contributed by atoms with Crippen LogP contribution in [0.5, 0.6) is 0 Å². The lowest BCUT2D eigenvalue weighted by atomic mass is 10.1. The first-order valence-corrected chi connectivity index (χ1v) is 10.1. The van der Waals surface area contributed by atoms with Gasteiger partial charge in [-0.1, -0.05) is 54.3 Å². The van der Waals surface area contributed by atoms with Crippen LogP contribution in [0, 0.1) is 0 Å². The lowest BCUT2D eigenvalue weighted by molar-refractivity contribution is -0.122. The number of furan rings is 1. The fraction of sp³-hybridized carbons (Fsp3) is 0.300. The first-order chi connectivity index (χ1) is 13.2. The number of carbonyl (C=O) groups is 1. The summed E-state index contributed by atoms with van der Waals surface area (Å²) in [6.45, 7) is 3.62. The van der Waals surface area contributed by atoms with Crippen molar-refractivity contribution in [3.63, 3.8) is 0 Å². The normalized spacial score (nSPS) is 19.3. The van der Waals surface area contributed by atoms with Crippen molar-refractivity contribution in [2.45, 2.75) is 6.42 Å². The van der Waals surface area contributed by atoms with E-state index in [0.717, 1.165) is 25.4 Å². The number of thioether (sulfide) groups is 1. The molecular weight excluding hydrogens is 380 g/mol. The molecule has 27 heavy (non-hydrogen) atoms. The van der Waals surface area contributed by atoms with Crippen molar-refractivity contribution in [1.29, 1.82) is 0 Å². The van der Waals surface area contributed by atoms with Gasteiger partial charge in [0.25, 0.3) is 5.91 Å². The molecule has 0 aliphatic carbocycles. The largest absolute Gasteiger partial charge is 0.441 e. The van der Waals surface area contributed by atoms with Crippen LogP contribution in [0.3, 0.4) is 0 Å². The Bertz CT molecular complexity index is 857. The summed E-state index contributed by atoms with van der Waals surface area (Å²) in [6.07, 6.45) is 2.56. The van der Waals surface area contributed by atoms with Gasteiger partial charge in [-0.2, -0.15) is 0 Å². The molecule has 0 atom stereocenters. The highest BCUT2D eigenvalue weighted by atomic mass is 32.2. The monoisotopic (exact) mass is 400 g/mol. The van der Waals surface area contributed by atoms with E-state index in [1.165, 1.54) is 17.3 Å². The van der Waals surface area contributed by atoms with E-state index in [2.05, 4.69) is 17.0 Å². The quantitative estimate of drug-likeness (QED) is 0.565. The van der Waals surface area contributed by atoms with Crippen molar-refractivity contribution in [2.24, 2.45) is 0 Å². The second kappa shape index (κ2) is 8.29. The number of hydrogen-bond donors (Lipinski definition) is 0. The van der Waals surface area contributed by atoms with Crippen molar-refractivity contribution >= 4 is 46.2 Å². The zero-order valence-electron chi connectivity index (χ0n) is 14.8. The second-order valence-electron chi connectivity index (χ2n) is 6.34. The number of carbonyl (C=O) groups excluding carboxylic acids is 1. The molecule has 3 heterocycles. The minimum atomic E-state index is -0.0507. The predicted molar refractivity (Wildman–Crippen MR) is 112 cm³/mol. The number of anilines is 1. The number of morpholine rings is 1. The zero-order chi connectivity index (χ0) is 18.6. The number of benzene rings is 1. The Morgan fingerprint density at radius 1 is 1.11 bits per heavy atom. The Kier molecular flexibility index (Phi) is 5.61. The van der Waals surface area contributed by atoms with Crippen LogP contribution >= 0.6 is 24.0 Å².